The van der Waals surface area contributed by atoms with E-state index in [1.807, 2.05) is 0 Å². The van der Waals surface area contributed by atoms with Crippen LogP contribution in [0, 0.1) is 10.8 Å². The molecule has 0 unspecified atom stereocenters. The van der Waals surface area contributed by atoms with Gasteiger partial charge in [0.2, 0.25) is 0 Å². The minimum atomic E-state index is -0.931. The number of hydrogen-bond donors (Lipinski definition) is 7. The van der Waals surface area contributed by atoms with Gasteiger partial charge >= 0.3 is 0 Å². The molecule has 0 aromatic rings. The number of rotatable bonds is 6. The molecule has 0 aromatic carbocycles. The Morgan fingerprint density at radius 1 is 1.11 bits per heavy atom. The molecule has 1 saturated heterocycles. The molecular weight excluding hydrogens is 250 g/mol. The van der Waals surface area contributed by atoms with Crippen LogP contribution < -0.4 is 16.4 Å². The van der Waals surface area contributed by atoms with E-state index in [-0.39, 0.29) is 5.96 Å². The quantitative estimate of drug-likeness (QED) is 0.227. The second kappa shape index (κ2) is 7.27. The lowest BCUT2D eigenvalue weighted by molar-refractivity contribution is 0.00197. The third kappa shape index (κ3) is 5.01. The van der Waals surface area contributed by atoms with Crippen molar-refractivity contribution in [1.82, 2.24) is 10.6 Å². The van der Waals surface area contributed by atoms with Crippen LogP contribution in [0.4, 0.5) is 0 Å². The molecule has 0 spiro atoms. The molecule has 1 aliphatic rings. The first-order valence-corrected chi connectivity index (χ1v) is 6.30. The summed E-state index contributed by atoms with van der Waals surface area (Å²) in [5.74, 6) is 0.227. The monoisotopic (exact) mass is 273 g/mol. The smallest absolute Gasteiger partial charge is 0.185 e. The summed E-state index contributed by atoms with van der Waals surface area (Å²) in [6, 6.07) is 0. The van der Waals surface area contributed by atoms with Gasteiger partial charge < -0.3 is 31.3 Å². The molecule has 8 N–H and O–H groups in total. The van der Waals surface area contributed by atoms with E-state index in [2.05, 4.69) is 10.6 Å². The van der Waals surface area contributed by atoms with Crippen molar-refractivity contribution >= 4 is 11.8 Å². The van der Waals surface area contributed by atoms with Gasteiger partial charge in [0.1, 0.15) is 12.2 Å². The Morgan fingerprint density at radius 2 is 1.58 bits per heavy atom. The van der Waals surface area contributed by atoms with Crippen molar-refractivity contribution in [3.63, 3.8) is 0 Å². The van der Waals surface area contributed by atoms with Gasteiger partial charge in [0.05, 0.1) is 18.0 Å². The van der Waals surface area contributed by atoms with Crippen molar-refractivity contribution in [2.45, 2.75) is 44.2 Å². The third-order valence-corrected chi connectivity index (χ3v) is 3.02. The number of ether oxygens (including phenoxy) is 1. The van der Waals surface area contributed by atoms with Gasteiger partial charge in [-0.3, -0.25) is 10.8 Å². The molecule has 0 radical (unpaired) electrons. The molecule has 0 aromatic heterocycles. The Hall–Kier alpha value is -1.38. The molecule has 1 heterocycles. The Labute approximate surface area is 112 Å². The maximum Gasteiger partial charge on any atom is 0.185 e. The van der Waals surface area contributed by atoms with Crippen LogP contribution in [0.1, 0.15) is 19.8 Å². The number of amidine groups is 1. The summed E-state index contributed by atoms with van der Waals surface area (Å²) in [5, 5.41) is 39.4. The summed E-state index contributed by atoms with van der Waals surface area (Å²) in [4.78, 5) is 0. The van der Waals surface area contributed by atoms with Crippen molar-refractivity contribution < 1.29 is 14.9 Å². The van der Waals surface area contributed by atoms with Crippen molar-refractivity contribution in [3.05, 3.63) is 0 Å². The molecule has 8 nitrogen and oxygen atoms in total. The molecule has 4 atom stereocenters. The van der Waals surface area contributed by atoms with Gasteiger partial charge in [-0.1, -0.05) is 0 Å². The third-order valence-electron chi connectivity index (χ3n) is 3.02. The van der Waals surface area contributed by atoms with Gasteiger partial charge in [-0.15, -0.1) is 0 Å². The van der Waals surface area contributed by atoms with Crippen LogP contribution in [0.5, 0.6) is 0 Å². The van der Waals surface area contributed by atoms with Crippen molar-refractivity contribution in [1.29, 1.82) is 10.8 Å². The predicted octanol–water partition coefficient (Wildman–Crippen LogP) is -1.67. The van der Waals surface area contributed by atoms with E-state index < -0.39 is 24.4 Å². The van der Waals surface area contributed by atoms with E-state index >= 15 is 0 Å². The molecule has 110 valence electrons. The maximum atomic E-state index is 9.86. The first-order chi connectivity index (χ1) is 8.91. The van der Waals surface area contributed by atoms with Gasteiger partial charge in [0.25, 0.3) is 0 Å². The fourth-order valence-corrected chi connectivity index (χ4v) is 2.05. The maximum absolute atomic E-state index is 9.86. The molecule has 1 rings (SSSR count). The Bertz CT molecular complexity index is 295. The fraction of sp³-hybridized carbons (Fsp3) is 0.818. The molecule has 0 amide bonds. The summed E-state index contributed by atoms with van der Waals surface area (Å²) < 4.78 is 5.59. The molecule has 0 bridgehead atoms. The number of aliphatic hydroxyl groups excluding tert-OH is 2. The summed E-state index contributed by atoms with van der Waals surface area (Å²) in [6.07, 6.45) is -1.77. The molecule has 0 saturated carbocycles. The van der Waals surface area contributed by atoms with E-state index in [9.17, 15) is 10.2 Å². The number of nitrogens with two attached hydrogens (primary N) is 1. The van der Waals surface area contributed by atoms with Gasteiger partial charge in [0.15, 0.2) is 5.96 Å². The predicted molar refractivity (Wildman–Crippen MR) is 71.2 cm³/mol. The normalized spacial score (nSPS) is 30.1. The lowest BCUT2D eigenvalue weighted by Crippen LogP contribution is -2.36. The SMILES string of the molecule is CC(=N)NCC[C@H]1O[C@H](CCNC(=N)N)[C@@H](O)[C@@H]1O. The topological polar surface area (TPSA) is 147 Å². The van der Waals surface area contributed by atoms with Crippen LogP contribution in [0.3, 0.4) is 0 Å². The van der Waals surface area contributed by atoms with E-state index in [1.54, 1.807) is 6.92 Å². The lowest BCUT2D eigenvalue weighted by Gasteiger charge is -2.15. The highest BCUT2D eigenvalue weighted by molar-refractivity contribution is 5.75. The zero-order valence-electron chi connectivity index (χ0n) is 11.0. The Balaban J connectivity index is 2.33. The van der Waals surface area contributed by atoms with Gasteiger partial charge in [-0.25, -0.2) is 0 Å². The van der Waals surface area contributed by atoms with E-state index in [0.29, 0.717) is 31.8 Å². The number of hydrogen-bond acceptors (Lipinski definition) is 5. The van der Waals surface area contributed by atoms with Crippen molar-refractivity contribution in [3.8, 4) is 0 Å². The van der Waals surface area contributed by atoms with Crippen LogP contribution in [0.25, 0.3) is 0 Å². The van der Waals surface area contributed by atoms with Gasteiger partial charge in [-0.2, -0.15) is 0 Å². The minimum Gasteiger partial charge on any atom is -0.388 e. The number of aliphatic hydroxyl groups is 2. The number of guanidine groups is 1. The zero-order chi connectivity index (χ0) is 14.4. The van der Waals surface area contributed by atoms with Gasteiger partial charge in [0, 0.05) is 13.1 Å². The van der Waals surface area contributed by atoms with E-state index in [4.69, 9.17) is 21.3 Å². The minimum absolute atomic E-state index is 0.129. The largest absolute Gasteiger partial charge is 0.388 e. The molecular formula is C11H23N5O3. The molecule has 8 heteroatoms. The lowest BCUT2D eigenvalue weighted by atomic mass is 10.0. The highest BCUT2D eigenvalue weighted by Gasteiger charge is 2.41. The van der Waals surface area contributed by atoms with Crippen LogP contribution in [0.15, 0.2) is 0 Å². The fourth-order valence-electron chi connectivity index (χ4n) is 2.05. The van der Waals surface area contributed by atoms with Crippen LogP contribution >= 0.6 is 0 Å². The second-order valence-corrected chi connectivity index (χ2v) is 4.66. The highest BCUT2D eigenvalue weighted by atomic mass is 16.5. The second-order valence-electron chi connectivity index (χ2n) is 4.66. The first-order valence-electron chi connectivity index (χ1n) is 6.30. The average Bonchev–Trinajstić information content (AvgIpc) is 2.57. The van der Waals surface area contributed by atoms with Gasteiger partial charge in [-0.05, 0) is 19.8 Å². The van der Waals surface area contributed by atoms with Crippen molar-refractivity contribution in [2.75, 3.05) is 13.1 Å². The standard InChI is InChI=1S/C11H23N5O3/c1-6(12)15-4-2-7-9(17)10(18)8(19-7)3-5-16-11(13)14/h7-10,17-18H,2-5H2,1H3,(H2,12,15)(H4,13,14,16)/t7-,8-,9-,10-/m1/s1. The number of nitrogens with one attached hydrogen (secondary N) is 4. The van der Waals surface area contributed by atoms with E-state index in [1.165, 1.54) is 0 Å². The average molecular weight is 273 g/mol. The highest BCUT2D eigenvalue weighted by Crippen LogP contribution is 2.25. The zero-order valence-corrected chi connectivity index (χ0v) is 11.0. The first kappa shape index (κ1) is 15.7. The molecule has 0 aliphatic carbocycles. The summed E-state index contributed by atoms with van der Waals surface area (Å²) in [5.41, 5.74) is 5.15. The summed E-state index contributed by atoms with van der Waals surface area (Å²) in [7, 11) is 0. The Kier molecular flexibility index (Phi) is 6.00. The summed E-state index contributed by atoms with van der Waals surface area (Å²) in [6.45, 7) is 2.56. The molecule has 19 heavy (non-hydrogen) atoms. The van der Waals surface area contributed by atoms with E-state index in [0.717, 1.165) is 0 Å². The van der Waals surface area contributed by atoms with Crippen LogP contribution in [-0.4, -0.2) is 59.5 Å². The van der Waals surface area contributed by atoms with Crippen molar-refractivity contribution in [2.24, 2.45) is 5.73 Å². The summed E-state index contributed by atoms with van der Waals surface area (Å²) >= 11 is 0. The molecule has 1 aliphatic heterocycles. The van der Waals surface area contributed by atoms with Crippen LogP contribution in [0.2, 0.25) is 0 Å². The van der Waals surface area contributed by atoms with Crippen LogP contribution in [-0.2, 0) is 4.74 Å². The molecule has 1 fully saturated rings. The Morgan fingerprint density at radius 3 is 2.00 bits per heavy atom.